The van der Waals surface area contributed by atoms with Gasteiger partial charge in [0.2, 0.25) is 5.91 Å². The van der Waals surface area contributed by atoms with Gasteiger partial charge in [-0.05, 0) is 36.4 Å². The van der Waals surface area contributed by atoms with Crippen LogP contribution < -0.4 is 16.0 Å². The van der Waals surface area contributed by atoms with Gasteiger partial charge in [0.1, 0.15) is 11.6 Å². The SMILES string of the molecule is CC(=O)Nc1ccc(N/C=C(/C#N)C(=O)Nc2cccc(Cl)c2Cl)cc1. The van der Waals surface area contributed by atoms with E-state index in [1.807, 2.05) is 6.07 Å². The van der Waals surface area contributed by atoms with E-state index in [4.69, 9.17) is 23.2 Å². The van der Waals surface area contributed by atoms with Crippen LogP contribution in [0.15, 0.2) is 54.2 Å². The fourth-order valence-electron chi connectivity index (χ4n) is 1.95. The van der Waals surface area contributed by atoms with Gasteiger partial charge in [0.15, 0.2) is 0 Å². The summed E-state index contributed by atoms with van der Waals surface area (Å²) >= 11 is 11.9. The van der Waals surface area contributed by atoms with E-state index in [1.54, 1.807) is 42.5 Å². The Bertz CT molecular complexity index is 902. The molecular weight excluding hydrogens is 375 g/mol. The summed E-state index contributed by atoms with van der Waals surface area (Å²) in [6.07, 6.45) is 1.28. The van der Waals surface area contributed by atoms with E-state index in [1.165, 1.54) is 13.1 Å². The van der Waals surface area contributed by atoms with Gasteiger partial charge in [-0.25, -0.2) is 0 Å². The number of nitriles is 1. The Hall–Kier alpha value is -3.01. The first-order valence-corrected chi connectivity index (χ1v) is 8.16. The molecule has 0 aliphatic heterocycles. The van der Waals surface area contributed by atoms with Crippen LogP contribution in [0.2, 0.25) is 10.0 Å². The highest BCUT2D eigenvalue weighted by Gasteiger charge is 2.12. The van der Waals surface area contributed by atoms with Gasteiger partial charge in [-0.3, -0.25) is 9.59 Å². The fraction of sp³-hybridized carbons (Fsp3) is 0.0556. The van der Waals surface area contributed by atoms with Crippen molar-refractivity contribution in [2.75, 3.05) is 16.0 Å². The van der Waals surface area contributed by atoms with Crippen molar-refractivity contribution in [3.8, 4) is 6.07 Å². The first-order chi connectivity index (χ1) is 12.4. The van der Waals surface area contributed by atoms with Crippen LogP contribution in [0.1, 0.15) is 6.92 Å². The lowest BCUT2D eigenvalue weighted by molar-refractivity contribution is -0.114. The fourth-order valence-corrected chi connectivity index (χ4v) is 2.29. The number of anilines is 3. The van der Waals surface area contributed by atoms with Crippen molar-refractivity contribution in [1.82, 2.24) is 0 Å². The summed E-state index contributed by atoms with van der Waals surface area (Å²) in [4.78, 5) is 23.2. The molecule has 2 rings (SSSR count). The van der Waals surface area contributed by atoms with Crippen LogP contribution in [0.25, 0.3) is 0 Å². The second-order valence-corrected chi connectivity index (χ2v) is 5.91. The van der Waals surface area contributed by atoms with E-state index >= 15 is 0 Å². The second kappa shape index (κ2) is 8.90. The minimum Gasteiger partial charge on any atom is -0.360 e. The lowest BCUT2D eigenvalue weighted by Crippen LogP contribution is -2.15. The van der Waals surface area contributed by atoms with Crippen molar-refractivity contribution < 1.29 is 9.59 Å². The molecule has 0 aliphatic rings. The number of benzene rings is 2. The van der Waals surface area contributed by atoms with E-state index < -0.39 is 5.91 Å². The second-order valence-electron chi connectivity index (χ2n) is 5.13. The third-order valence-corrected chi connectivity index (χ3v) is 3.97. The lowest BCUT2D eigenvalue weighted by Gasteiger charge is -2.08. The Kier molecular flexibility index (Phi) is 6.61. The Morgan fingerprint density at radius 2 is 1.69 bits per heavy atom. The molecule has 0 radical (unpaired) electrons. The Morgan fingerprint density at radius 1 is 1.04 bits per heavy atom. The topological polar surface area (TPSA) is 94.0 Å². The van der Waals surface area contributed by atoms with Crippen LogP contribution in [0.5, 0.6) is 0 Å². The van der Waals surface area contributed by atoms with Crippen molar-refractivity contribution >= 4 is 52.1 Å². The predicted molar refractivity (Wildman–Crippen MR) is 103 cm³/mol. The molecule has 0 saturated heterocycles. The van der Waals surface area contributed by atoms with Crippen LogP contribution in [0, 0.1) is 11.3 Å². The molecule has 132 valence electrons. The van der Waals surface area contributed by atoms with Crippen molar-refractivity contribution in [3.63, 3.8) is 0 Å². The van der Waals surface area contributed by atoms with Crippen molar-refractivity contribution in [1.29, 1.82) is 5.26 Å². The highest BCUT2D eigenvalue weighted by molar-refractivity contribution is 6.44. The number of amides is 2. The summed E-state index contributed by atoms with van der Waals surface area (Å²) in [5.41, 5.74) is 1.44. The predicted octanol–water partition coefficient (Wildman–Crippen LogP) is 4.41. The zero-order valence-electron chi connectivity index (χ0n) is 13.6. The summed E-state index contributed by atoms with van der Waals surface area (Å²) in [5, 5.41) is 17.7. The highest BCUT2D eigenvalue weighted by Crippen LogP contribution is 2.29. The van der Waals surface area contributed by atoms with E-state index in [9.17, 15) is 14.9 Å². The molecule has 0 unspecified atom stereocenters. The minimum atomic E-state index is -0.626. The molecule has 6 nitrogen and oxygen atoms in total. The third kappa shape index (κ3) is 5.24. The van der Waals surface area contributed by atoms with Crippen LogP contribution in [0.3, 0.4) is 0 Å². The molecule has 0 atom stereocenters. The van der Waals surface area contributed by atoms with Crippen LogP contribution >= 0.6 is 23.2 Å². The molecule has 0 heterocycles. The van der Waals surface area contributed by atoms with Gasteiger partial charge in [0, 0.05) is 24.5 Å². The molecule has 0 fully saturated rings. The molecule has 8 heteroatoms. The van der Waals surface area contributed by atoms with E-state index in [-0.39, 0.29) is 16.5 Å². The molecule has 0 saturated carbocycles. The molecular formula is C18H14Cl2N4O2. The van der Waals surface area contributed by atoms with E-state index in [0.717, 1.165) is 0 Å². The van der Waals surface area contributed by atoms with Crippen LogP contribution in [-0.4, -0.2) is 11.8 Å². The largest absolute Gasteiger partial charge is 0.360 e. The Balaban J connectivity index is 2.07. The zero-order valence-corrected chi connectivity index (χ0v) is 15.2. The smallest absolute Gasteiger partial charge is 0.267 e. The quantitative estimate of drug-likeness (QED) is 0.522. The summed E-state index contributed by atoms with van der Waals surface area (Å²) in [6.45, 7) is 1.42. The van der Waals surface area contributed by atoms with Crippen molar-refractivity contribution in [2.24, 2.45) is 0 Å². The molecule has 3 N–H and O–H groups in total. The third-order valence-electron chi connectivity index (χ3n) is 3.15. The van der Waals surface area contributed by atoms with Crippen molar-refractivity contribution in [2.45, 2.75) is 6.92 Å². The molecule has 2 aromatic carbocycles. The van der Waals surface area contributed by atoms with Gasteiger partial charge < -0.3 is 16.0 Å². The molecule has 0 bridgehead atoms. The average Bonchev–Trinajstić information content (AvgIpc) is 2.60. The number of nitrogens with zero attached hydrogens (tertiary/aromatic N) is 1. The molecule has 2 amide bonds. The van der Waals surface area contributed by atoms with Gasteiger partial charge >= 0.3 is 0 Å². The number of hydrogen-bond acceptors (Lipinski definition) is 4. The van der Waals surface area contributed by atoms with Gasteiger partial charge in [-0.1, -0.05) is 29.3 Å². The van der Waals surface area contributed by atoms with Gasteiger partial charge in [0.25, 0.3) is 5.91 Å². The molecule has 0 aliphatic carbocycles. The molecule has 26 heavy (non-hydrogen) atoms. The maximum atomic E-state index is 12.2. The molecule has 0 aromatic heterocycles. The molecule has 0 spiro atoms. The standard InChI is InChI=1S/C18H14Cl2N4O2/c1-11(25)23-14-7-5-13(6-8-14)22-10-12(9-21)18(26)24-16-4-2-3-15(19)17(16)20/h2-8,10,22H,1H3,(H,23,25)(H,24,26)/b12-10-. The van der Waals surface area contributed by atoms with E-state index in [0.29, 0.717) is 22.1 Å². The van der Waals surface area contributed by atoms with Gasteiger partial charge in [-0.15, -0.1) is 0 Å². The van der Waals surface area contributed by atoms with Gasteiger partial charge in [0.05, 0.1) is 15.7 Å². The minimum absolute atomic E-state index is 0.146. The lowest BCUT2D eigenvalue weighted by atomic mass is 10.2. The first-order valence-electron chi connectivity index (χ1n) is 7.40. The number of nitrogens with one attached hydrogen (secondary N) is 3. The number of halogens is 2. The normalized spacial score (nSPS) is 10.6. The monoisotopic (exact) mass is 388 g/mol. The number of carbonyl (C=O) groups is 2. The first kappa shape index (κ1) is 19.3. The van der Waals surface area contributed by atoms with Gasteiger partial charge in [-0.2, -0.15) is 5.26 Å². The molecule has 2 aromatic rings. The summed E-state index contributed by atoms with van der Waals surface area (Å²) in [6, 6.07) is 13.4. The maximum Gasteiger partial charge on any atom is 0.267 e. The Labute approximate surface area is 160 Å². The zero-order chi connectivity index (χ0) is 19.1. The van der Waals surface area contributed by atoms with Crippen LogP contribution in [-0.2, 0) is 9.59 Å². The van der Waals surface area contributed by atoms with E-state index in [2.05, 4.69) is 16.0 Å². The number of carbonyl (C=O) groups excluding carboxylic acids is 2. The number of hydrogen-bond donors (Lipinski definition) is 3. The number of rotatable bonds is 5. The summed E-state index contributed by atoms with van der Waals surface area (Å²) in [5.74, 6) is -0.798. The van der Waals surface area contributed by atoms with Crippen LogP contribution in [0.4, 0.5) is 17.1 Å². The summed E-state index contributed by atoms with van der Waals surface area (Å²) < 4.78 is 0. The average molecular weight is 389 g/mol. The van der Waals surface area contributed by atoms with Crippen molar-refractivity contribution in [3.05, 3.63) is 64.3 Å². The maximum absolute atomic E-state index is 12.2. The Morgan fingerprint density at radius 3 is 2.31 bits per heavy atom. The highest BCUT2D eigenvalue weighted by atomic mass is 35.5. The summed E-state index contributed by atoms with van der Waals surface area (Å²) in [7, 11) is 0.